The molecule has 0 spiro atoms. The summed E-state index contributed by atoms with van der Waals surface area (Å²) in [4.78, 5) is 10.8. The Morgan fingerprint density at radius 1 is 1.56 bits per heavy atom. The van der Waals surface area contributed by atoms with Crippen LogP contribution in [0.3, 0.4) is 0 Å². The van der Waals surface area contributed by atoms with Crippen LogP contribution in [0.1, 0.15) is 31.4 Å². The second-order valence-corrected chi connectivity index (χ2v) is 4.00. The van der Waals surface area contributed by atoms with Gasteiger partial charge in [0.25, 0.3) is 0 Å². The monoisotopic (exact) mass is 255 g/mol. The molecule has 100 valence electrons. The Labute approximate surface area is 106 Å². The number of aliphatic carboxylic acids is 1. The smallest absolute Gasteiger partial charge is 0.305 e. The van der Waals surface area contributed by atoms with Crippen molar-refractivity contribution in [3.05, 3.63) is 29.6 Å². The minimum Gasteiger partial charge on any atom is -0.494 e. The molecule has 0 bridgehead atoms. The zero-order chi connectivity index (χ0) is 13.5. The van der Waals surface area contributed by atoms with Gasteiger partial charge in [-0.25, -0.2) is 4.39 Å². The minimum atomic E-state index is -0.917. The van der Waals surface area contributed by atoms with Crippen LogP contribution in [-0.4, -0.2) is 24.7 Å². The second-order valence-electron chi connectivity index (χ2n) is 4.00. The molecule has 18 heavy (non-hydrogen) atoms. The summed E-state index contributed by atoms with van der Waals surface area (Å²) in [6.07, 6.45) is 0.806. The van der Waals surface area contributed by atoms with Crippen molar-refractivity contribution in [3.8, 4) is 5.75 Å². The molecule has 1 aromatic carbocycles. The molecule has 0 aliphatic heterocycles. The van der Waals surface area contributed by atoms with E-state index in [2.05, 4.69) is 5.32 Å². The first-order chi connectivity index (χ1) is 8.58. The summed E-state index contributed by atoms with van der Waals surface area (Å²) in [5.74, 6) is -1.24. The largest absolute Gasteiger partial charge is 0.494 e. The maximum absolute atomic E-state index is 13.6. The Bertz CT molecular complexity index is 409. The number of rotatable bonds is 7. The number of hydrogen-bond acceptors (Lipinski definition) is 3. The maximum Gasteiger partial charge on any atom is 0.305 e. The number of carbonyl (C=O) groups is 1. The van der Waals surface area contributed by atoms with Gasteiger partial charge >= 0.3 is 5.97 Å². The highest BCUT2D eigenvalue weighted by Crippen LogP contribution is 2.23. The van der Waals surface area contributed by atoms with E-state index in [1.54, 1.807) is 6.07 Å². The molecule has 4 nitrogen and oxygen atoms in total. The molecule has 0 heterocycles. The van der Waals surface area contributed by atoms with E-state index in [-0.39, 0.29) is 18.2 Å². The van der Waals surface area contributed by atoms with Crippen molar-refractivity contribution in [1.82, 2.24) is 5.32 Å². The number of methoxy groups -OCH3 is 1. The third-order valence-electron chi connectivity index (χ3n) is 2.60. The first-order valence-electron chi connectivity index (χ1n) is 5.87. The zero-order valence-corrected chi connectivity index (χ0v) is 10.6. The van der Waals surface area contributed by atoms with Gasteiger partial charge in [-0.3, -0.25) is 4.79 Å². The Kier molecular flexibility index (Phi) is 5.58. The van der Waals surface area contributed by atoms with Crippen LogP contribution < -0.4 is 10.1 Å². The number of nitrogens with one attached hydrogen (secondary N) is 1. The molecule has 0 aromatic heterocycles. The fourth-order valence-corrected chi connectivity index (χ4v) is 1.70. The van der Waals surface area contributed by atoms with Crippen molar-refractivity contribution in [3.63, 3.8) is 0 Å². The summed E-state index contributed by atoms with van der Waals surface area (Å²) in [7, 11) is 1.39. The normalized spacial score (nSPS) is 12.2. The summed E-state index contributed by atoms with van der Waals surface area (Å²) in [5, 5.41) is 11.9. The fraction of sp³-hybridized carbons (Fsp3) is 0.462. The summed E-state index contributed by atoms with van der Waals surface area (Å²) in [6.45, 7) is 2.67. The van der Waals surface area contributed by atoms with E-state index in [9.17, 15) is 9.18 Å². The van der Waals surface area contributed by atoms with Crippen LogP contribution in [0.2, 0.25) is 0 Å². The zero-order valence-electron chi connectivity index (χ0n) is 10.6. The third-order valence-corrected chi connectivity index (χ3v) is 2.60. The molecular weight excluding hydrogens is 237 g/mol. The standard InChI is InChI=1S/C13H18FNO3/c1-3-6-15-11(8-13(16)17)9-4-5-12(18-2)10(14)7-9/h4-5,7,11,15H,3,6,8H2,1-2H3,(H,16,17). The number of carboxylic acids is 1. The highest BCUT2D eigenvalue weighted by atomic mass is 19.1. The fourth-order valence-electron chi connectivity index (χ4n) is 1.70. The predicted molar refractivity (Wildman–Crippen MR) is 66.2 cm³/mol. The Morgan fingerprint density at radius 2 is 2.28 bits per heavy atom. The molecule has 0 radical (unpaired) electrons. The van der Waals surface area contributed by atoms with Crippen LogP contribution >= 0.6 is 0 Å². The lowest BCUT2D eigenvalue weighted by Crippen LogP contribution is -2.24. The molecule has 5 heteroatoms. The van der Waals surface area contributed by atoms with Crippen molar-refractivity contribution < 1.29 is 19.0 Å². The lowest BCUT2D eigenvalue weighted by Gasteiger charge is -2.17. The number of ether oxygens (including phenoxy) is 1. The molecule has 1 atom stereocenters. The summed E-state index contributed by atoms with van der Waals surface area (Å²) >= 11 is 0. The molecule has 0 fully saturated rings. The number of benzene rings is 1. The summed E-state index contributed by atoms with van der Waals surface area (Å²) in [6, 6.07) is 4.11. The van der Waals surface area contributed by atoms with Gasteiger partial charge in [0, 0.05) is 6.04 Å². The van der Waals surface area contributed by atoms with Crippen LogP contribution in [0.4, 0.5) is 4.39 Å². The van der Waals surface area contributed by atoms with Gasteiger partial charge in [0.05, 0.1) is 13.5 Å². The van der Waals surface area contributed by atoms with Crippen molar-refractivity contribution in [2.24, 2.45) is 0 Å². The predicted octanol–water partition coefficient (Wildman–Crippen LogP) is 2.35. The van der Waals surface area contributed by atoms with Crippen molar-refractivity contribution in [2.75, 3.05) is 13.7 Å². The first kappa shape index (κ1) is 14.4. The van der Waals surface area contributed by atoms with Gasteiger partial charge in [-0.15, -0.1) is 0 Å². The van der Waals surface area contributed by atoms with Crippen LogP contribution in [0, 0.1) is 5.82 Å². The van der Waals surface area contributed by atoms with Crippen molar-refractivity contribution in [2.45, 2.75) is 25.8 Å². The van der Waals surface area contributed by atoms with Crippen LogP contribution in [0.25, 0.3) is 0 Å². The molecule has 1 unspecified atom stereocenters. The van der Waals surface area contributed by atoms with E-state index < -0.39 is 11.8 Å². The Hall–Kier alpha value is -1.62. The van der Waals surface area contributed by atoms with Crippen LogP contribution in [0.5, 0.6) is 5.75 Å². The molecule has 0 aliphatic carbocycles. The first-order valence-corrected chi connectivity index (χ1v) is 5.87. The van der Waals surface area contributed by atoms with E-state index in [0.29, 0.717) is 12.1 Å². The summed E-state index contributed by atoms with van der Waals surface area (Å²) < 4.78 is 18.4. The van der Waals surface area contributed by atoms with E-state index in [0.717, 1.165) is 6.42 Å². The maximum atomic E-state index is 13.6. The molecule has 2 N–H and O–H groups in total. The molecule has 1 aromatic rings. The lowest BCUT2D eigenvalue weighted by molar-refractivity contribution is -0.137. The highest BCUT2D eigenvalue weighted by Gasteiger charge is 2.16. The lowest BCUT2D eigenvalue weighted by atomic mass is 10.0. The summed E-state index contributed by atoms with van der Waals surface area (Å²) in [5.41, 5.74) is 0.615. The topological polar surface area (TPSA) is 58.6 Å². The SMILES string of the molecule is CCCNC(CC(=O)O)c1ccc(OC)c(F)c1. The average molecular weight is 255 g/mol. The molecule has 0 saturated carbocycles. The third kappa shape index (κ3) is 4.00. The van der Waals surface area contributed by atoms with Crippen molar-refractivity contribution >= 4 is 5.97 Å². The van der Waals surface area contributed by atoms with E-state index in [1.165, 1.54) is 19.2 Å². The number of carboxylic acid groups (broad SMARTS) is 1. The number of hydrogen-bond donors (Lipinski definition) is 2. The molecule has 0 amide bonds. The minimum absolute atomic E-state index is 0.0776. The van der Waals surface area contributed by atoms with E-state index in [4.69, 9.17) is 9.84 Å². The van der Waals surface area contributed by atoms with Gasteiger partial charge in [0.2, 0.25) is 0 Å². The van der Waals surface area contributed by atoms with Gasteiger partial charge in [-0.05, 0) is 30.7 Å². The Balaban J connectivity index is 2.89. The second kappa shape index (κ2) is 6.96. The van der Waals surface area contributed by atoms with Gasteiger partial charge in [-0.1, -0.05) is 13.0 Å². The highest BCUT2D eigenvalue weighted by molar-refractivity contribution is 5.68. The van der Waals surface area contributed by atoms with Crippen LogP contribution in [0.15, 0.2) is 18.2 Å². The van der Waals surface area contributed by atoms with Gasteiger partial charge in [0.15, 0.2) is 11.6 Å². The van der Waals surface area contributed by atoms with E-state index in [1.807, 2.05) is 6.92 Å². The van der Waals surface area contributed by atoms with E-state index >= 15 is 0 Å². The van der Waals surface area contributed by atoms with Gasteiger partial charge in [0.1, 0.15) is 0 Å². The molecule has 0 aliphatic rings. The molecule has 1 rings (SSSR count). The van der Waals surface area contributed by atoms with Gasteiger partial charge < -0.3 is 15.2 Å². The molecule has 0 saturated heterocycles. The average Bonchev–Trinajstić information content (AvgIpc) is 2.34. The van der Waals surface area contributed by atoms with Crippen molar-refractivity contribution in [1.29, 1.82) is 0 Å². The molecular formula is C13H18FNO3. The number of halogens is 1. The van der Waals surface area contributed by atoms with Gasteiger partial charge in [-0.2, -0.15) is 0 Å². The van der Waals surface area contributed by atoms with Crippen LogP contribution in [-0.2, 0) is 4.79 Å². The Morgan fingerprint density at radius 3 is 2.78 bits per heavy atom. The quantitative estimate of drug-likeness (QED) is 0.785.